The number of fused-ring (bicyclic) bond motifs is 2. The van der Waals surface area contributed by atoms with E-state index in [1.54, 1.807) is 23.1 Å². The Balaban J connectivity index is 1.29. The van der Waals surface area contributed by atoms with Crippen LogP contribution < -0.4 is 5.32 Å². The maximum Gasteiger partial charge on any atom is 0.241 e. The summed E-state index contributed by atoms with van der Waals surface area (Å²) >= 11 is 0. The number of hydrogen-bond donors (Lipinski definition) is 1. The van der Waals surface area contributed by atoms with Crippen molar-refractivity contribution in [1.82, 2.24) is 29.0 Å². The highest BCUT2D eigenvalue weighted by molar-refractivity contribution is 5.79. The first-order valence-corrected chi connectivity index (χ1v) is 9.02. The summed E-state index contributed by atoms with van der Waals surface area (Å²) in [5.41, 5.74) is 2.84. The fraction of sp³-hybridized carbons (Fsp3) is 0.368. The van der Waals surface area contributed by atoms with Crippen LogP contribution in [-0.2, 0) is 4.74 Å². The van der Waals surface area contributed by atoms with Crippen LogP contribution in [0.3, 0.4) is 0 Å². The Morgan fingerprint density at radius 1 is 1.15 bits per heavy atom. The number of methoxy groups -OCH3 is 1. The molecule has 4 heterocycles. The zero-order chi connectivity index (χ0) is 20.7. The van der Waals surface area contributed by atoms with E-state index in [1.807, 2.05) is 29.1 Å². The number of nitrogens with zero attached hydrogens (tertiary/aromatic N) is 6. The van der Waals surface area contributed by atoms with E-state index in [0.29, 0.717) is 24.6 Å². The van der Waals surface area contributed by atoms with Crippen LogP contribution in [-0.4, -0.2) is 48.2 Å². The Morgan fingerprint density at radius 2 is 2.07 bits per heavy atom. The van der Waals surface area contributed by atoms with Gasteiger partial charge in [-0.15, -0.1) is 5.10 Å². The topological polar surface area (TPSA) is 81.6 Å². The molecule has 5 rings (SSSR count). The van der Waals surface area contributed by atoms with E-state index in [-0.39, 0.29) is 12.1 Å². The molecule has 0 atom stereocenters. The molecule has 1 fully saturated rings. The minimum atomic E-state index is -2.33. The molecule has 27 heavy (non-hydrogen) atoms. The predicted molar refractivity (Wildman–Crippen MR) is 102 cm³/mol. The molecular weight excluding hydrogens is 342 g/mol. The van der Waals surface area contributed by atoms with Gasteiger partial charge in [-0.1, -0.05) is 0 Å². The van der Waals surface area contributed by atoms with Gasteiger partial charge < -0.3 is 10.1 Å². The third-order valence-electron chi connectivity index (χ3n) is 5.15. The fourth-order valence-corrected chi connectivity index (χ4v) is 3.67. The average molecular weight is 366 g/mol. The Morgan fingerprint density at radius 3 is 2.96 bits per heavy atom. The van der Waals surface area contributed by atoms with Gasteiger partial charge in [0.2, 0.25) is 11.7 Å². The Hall–Kier alpha value is -3.00. The SMILES string of the molecule is [2H]C([2H])([2H])OC1CCC(Nc2ncc3c(-c4cnc5nccn5c4)ccn3n2)CC1. The Labute approximate surface area is 160 Å². The van der Waals surface area contributed by atoms with Crippen molar-refractivity contribution in [2.45, 2.75) is 37.8 Å². The molecule has 1 aliphatic carbocycles. The van der Waals surface area contributed by atoms with Gasteiger partial charge in [-0.25, -0.2) is 19.5 Å². The number of ether oxygens (including phenoxy) is 1. The van der Waals surface area contributed by atoms with Gasteiger partial charge in [0.05, 0.1) is 21.9 Å². The molecule has 0 aromatic carbocycles. The highest BCUT2D eigenvalue weighted by atomic mass is 16.5. The van der Waals surface area contributed by atoms with Crippen molar-refractivity contribution in [2.24, 2.45) is 0 Å². The molecule has 0 spiro atoms. The van der Waals surface area contributed by atoms with Crippen LogP contribution in [0.4, 0.5) is 5.95 Å². The number of hydrogen-bond acceptors (Lipinski definition) is 6. The minimum absolute atomic E-state index is 0.196. The molecule has 0 aliphatic heterocycles. The molecule has 0 saturated heterocycles. The quantitative estimate of drug-likeness (QED) is 0.598. The van der Waals surface area contributed by atoms with E-state index in [9.17, 15) is 0 Å². The molecule has 4 aromatic rings. The van der Waals surface area contributed by atoms with E-state index >= 15 is 0 Å². The van der Waals surface area contributed by atoms with Crippen LogP contribution in [0.5, 0.6) is 0 Å². The Bertz CT molecular complexity index is 1180. The number of aromatic nitrogens is 6. The largest absolute Gasteiger partial charge is 0.381 e. The monoisotopic (exact) mass is 366 g/mol. The predicted octanol–water partition coefficient (Wildman–Crippen LogP) is 2.81. The van der Waals surface area contributed by atoms with Crippen LogP contribution >= 0.6 is 0 Å². The lowest BCUT2D eigenvalue weighted by molar-refractivity contribution is 0.0681. The van der Waals surface area contributed by atoms with Crippen molar-refractivity contribution in [2.75, 3.05) is 12.4 Å². The summed E-state index contributed by atoms with van der Waals surface area (Å²) in [5, 5.41) is 7.94. The van der Waals surface area contributed by atoms with Crippen LogP contribution in [0.2, 0.25) is 0 Å². The highest BCUT2D eigenvalue weighted by Crippen LogP contribution is 2.26. The molecule has 8 heteroatoms. The normalized spacial score (nSPS) is 22.4. The summed E-state index contributed by atoms with van der Waals surface area (Å²) in [5.74, 6) is 1.21. The van der Waals surface area contributed by atoms with Gasteiger partial charge in [0.15, 0.2) is 0 Å². The van der Waals surface area contributed by atoms with Crippen LogP contribution in [0.15, 0.2) is 43.2 Å². The summed E-state index contributed by atoms with van der Waals surface area (Å²) < 4.78 is 30.5. The molecule has 0 amide bonds. The molecule has 1 N–H and O–H groups in total. The summed E-state index contributed by atoms with van der Waals surface area (Å²) in [6.45, 7) is 0. The number of nitrogens with one attached hydrogen (secondary N) is 1. The summed E-state index contributed by atoms with van der Waals surface area (Å²) in [6, 6.07) is 2.19. The van der Waals surface area contributed by atoms with E-state index in [1.165, 1.54) is 0 Å². The second kappa shape index (κ2) is 6.62. The van der Waals surface area contributed by atoms with Crippen LogP contribution in [0, 0.1) is 0 Å². The van der Waals surface area contributed by atoms with Crippen molar-refractivity contribution < 1.29 is 8.85 Å². The summed E-state index contributed by atoms with van der Waals surface area (Å²) in [7, 11) is -2.33. The number of anilines is 1. The van der Waals surface area contributed by atoms with Gasteiger partial charge in [0, 0.05) is 55.2 Å². The second-order valence-electron chi connectivity index (χ2n) is 6.85. The number of imidazole rings is 1. The first-order valence-electron chi connectivity index (χ1n) is 10.5. The van der Waals surface area contributed by atoms with Gasteiger partial charge in [0.1, 0.15) is 0 Å². The maximum atomic E-state index is 7.23. The minimum Gasteiger partial charge on any atom is -0.381 e. The van der Waals surface area contributed by atoms with E-state index in [0.717, 1.165) is 29.5 Å². The molecule has 138 valence electrons. The van der Waals surface area contributed by atoms with Crippen LogP contribution in [0.25, 0.3) is 22.4 Å². The van der Waals surface area contributed by atoms with Gasteiger partial charge in [-0.2, -0.15) is 0 Å². The van der Waals surface area contributed by atoms with Crippen molar-refractivity contribution in [1.29, 1.82) is 0 Å². The van der Waals surface area contributed by atoms with E-state index < -0.39 is 7.04 Å². The van der Waals surface area contributed by atoms with Crippen molar-refractivity contribution >= 4 is 17.2 Å². The fourth-order valence-electron chi connectivity index (χ4n) is 3.67. The molecule has 0 unspecified atom stereocenters. The molecule has 8 nitrogen and oxygen atoms in total. The second-order valence-corrected chi connectivity index (χ2v) is 6.85. The third-order valence-corrected chi connectivity index (χ3v) is 5.15. The van der Waals surface area contributed by atoms with Crippen LogP contribution in [0.1, 0.15) is 29.8 Å². The standard InChI is InChI=1S/C19H21N7O/c1-27-15-4-2-14(3-5-15)23-18-21-11-17-16(6-8-26(17)24-18)13-10-22-19-20-7-9-25(19)12-13/h6-12,14-15H,2-5H2,1H3,(H,23,24)/i1D3. The molecule has 1 aliphatic rings. The molecular formula is C19H21N7O. The molecule has 0 bridgehead atoms. The average Bonchev–Trinajstić information content (AvgIpc) is 3.34. The Kier molecular flexibility index (Phi) is 3.24. The van der Waals surface area contributed by atoms with E-state index in [2.05, 4.69) is 25.4 Å². The zero-order valence-electron chi connectivity index (χ0n) is 17.6. The van der Waals surface area contributed by atoms with Gasteiger partial charge in [0.25, 0.3) is 0 Å². The molecule has 0 radical (unpaired) electrons. The smallest absolute Gasteiger partial charge is 0.241 e. The van der Waals surface area contributed by atoms with Crippen molar-refractivity contribution in [3.63, 3.8) is 0 Å². The van der Waals surface area contributed by atoms with Crippen molar-refractivity contribution in [3.8, 4) is 11.1 Å². The molecule has 4 aromatic heterocycles. The lowest BCUT2D eigenvalue weighted by Gasteiger charge is -2.28. The van der Waals surface area contributed by atoms with E-state index in [4.69, 9.17) is 8.85 Å². The third kappa shape index (κ3) is 3.02. The lowest BCUT2D eigenvalue weighted by Crippen LogP contribution is -2.30. The first kappa shape index (κ1) is 13.2. The summed E-state index contributed by atoms with van der Waals surface area (Å²) in [6.07, 6.45) is 13.9. The van der Waals surface area contributed by atoms with Crippen molar-refractivity contribution in [3.05, 3.63) is 43.2 Å². The van der Waals surface area contributed by atoms with Gasteiger partial charge in [-0.05, 0) is 31.7 Å². The summed E-state index contributed by atoms with van der Waals surface area (Å²) in [4.78, 5) is 13.0. The van der Waals surface area contributed by atoms with Gasteiger partial charge in [-0.3, -0.25) is 4.40 Å². The lowest BCUT2D eigenvalue weighted by atomic mass is 9.93. The first-order chi connectivity index (χ1) is 14.4. The zero-order valence-corrected chi connectivity index (χ0v) is 14.6. The number of rotatable bonds is 4. The highest BCUT2D eigenvalue weighted by Gasteiger charge is 2.21. The van der Waals surface area contributed by atoms with Gasteiger partial charge >= 0.3 is 0 Å². The molecule has 1 saturated carbocycles. The maximum absolute atomic E-state index is 7.23.